The zero-order chi connectivity index (χ0) is 26.2. The Hall–Kier alpha value is -3.89. The molecule has 2 aliphatic rings. The number of hydrogen-bond donors (Lipinski definition) is 1. The number of halogens is 3. The SMILES string of the molecule is COc1cccc([C@@H]2C[C@@H](C(F)(F)F)n3ncc(C(=O)N4CCN(c5ccccc5OC)CC4)c3N2)c1. The van der Waals surface area contributed by atoms with Crippen LogP contribution in [0.1, 0.15) is 34.4 Å². The zero-order valence-electron chi connectivity index (χ0n) is 20.5. The standard InChI is InChI=1S/C26H28F3N5O3/c1-36-18-7-5-6-17(14-18)20-15-23(26(27,28)29)34-24(31-20)19(16-30-34)25(35)33-12-10-32(11-13-33)21-8-3-4-9-22(21)37-2/h3-9,14,16,20,23,31H,10-13,15H2,1-2H3/t20-,23-/m0/s1. The van der Waals surface area contributed by atoms with E-state index < -0.39 is 18.3 Å². The van der Waals surface area contributed by atoms with Crippen LogP contribution in [0.15, 0.2) is 54.7 Å². The lowest BCUT2D eigenvalue weighted by Gasteiger charge is -2.37. The van der Waals surface area contributed by atoms with Gasteiger partial charge in [-0.3, -0.25) is 4.79 Å². The number of amides is 1. The normalized spacial score (nSPS) is 19.7. The molecule has 1 amide bonds. The van der Waals surface area contributed by atoms with Crippen molar-refractivity contribution in [3.8, 4) is 11.5 Å². The van der Waals surface area contributed by atoms with E-state index in [0.29, 0.717) is 37.5 Å². The number of hydrogen-bond acceptors (Lipinski definition) is 6. The Morgan fingerprint density at radius 2 is 1.78 bits per heavy atom. The lowest BCUT2D eigenvalue weighted by atomic mass is 9.96. The summed E-state index contributed by atoms with van der Waals surface area (Å²) < 4.78 is 53.8. The predicted molar refractivity (Wildman–Crippen MR) is 132 cm³/mol. The van der Waals surface area contributed by atoms with E-state index in [2.05, 4.69) is 15.3 Å². The second-order valence-electron chi connectivity index (χ2n) is 9.07. The smallest absolute Gasteiger partial charge is 0.410 e. The van der Waals surface area contributed by atoms with Gasteiger partial charge in [-0.15, -0.1) is 0 Å². The number of nitrogens with zero attached hydrogens (tertiary/aromatic N) is 4. The van der Waals surface area contributed by atoms with Gasteiger partial charge in [0.1, 0.15) is 22.9 Å². The third-order valence-corrected chi connectivity index (χ3v) is 6.96. The topological polar surface area (TPSA) is 71.9 Å². The van der Waals surface area contributed by atoms with E-state index in [0.717, 1.165) is 16.1 Å². The quantitative estimate of drug-likeness (QED) is 0.539. The molecule has 0 spiro atoms. The molecule has 3 heterocycles. The van der Waals surface area contributed by atoms with Gasteiger partial charge < -0.3 is 24.6 Å². The number of rotatable bonds is 5. The van der Waals surface area contributed by atoms with Crippen molar-refractivity contribution in [2.75, 3.05) is 50.6 Å². The van der Waals surface area contributed by atoms with Crippen molar-refractivity contribution < 1.29 is 27.4 Å². The number of carbonyl (C=O) groups excluding carboxylic acids is 1. The summed E-state index contributed by atoms with van der Waals surface area (Å²) in [5, 5.41) is 7.16. The molecule has 0 bridgehead atoms. The molecular formula is C26H28F3N5O3. The molecule has 1 N–H and O–H groups in total. The molecule has 2 atom stereocenters. The molecule has 1 fully saturated rings. The average molecular weight is 516 g/mol. The third kappa shape index (κ3) is 4.77. The van der Waals surface area contributed by atoms with Crippen LogP contribution in [0.2, 0.25) is 0 Å². The van der Waals surface area contributed by atoms with Crippen LogP contribution in [-0.4, -0.2) is 67.2 Å². The van der Waals surface area contributed by atoms with E-state index in [-0.39, 0.29) is 23.7 Å². The maximum atomic E-state index is 14.1. The molecule has 11 heteroatoms. The minimum atomic E-state index is -4.53. The summed E-state index contributed by atoms with van der Waals surface area (Å²) in [6, 6.07) is 12.1. The molecule has 1 aromatic heterocycles. The first kappa shape index (κ1) is 24.8. The fourth-order valence-corrected chi connectivity index (χ4v) is 5.01. The number of benzene rings is 2. The van der Waals surface area contributed by atoms with Gasteiger partial charge in [-0.05, 0) is 29.8 Å². The van der Waals surface area contributed by atoms with Gasteiger partial charge in [-0.25, -0.2) is 4.68 Å². The van der Waals surface area contributed by atoms with Gasteiger partial charge in [0.2, 0.25) is 0 Å². The number of alkyl halides is 3. The van der Waals surface area contributed by atoms with E-state index in [1.54, 1.807) is 36.3 Å². The van der Waals surface area contributed by atoms with Crippen molar-refractivity contribution in [2.45, 2.75) is 24.7 Å². The summed E-state index contributed by atoms with van der Waals surface area (Å²) in [5.74, 6) is 1.03. The average Bonchev–Trinajstić information content (AvgIpc) is 3.35. The molecule has 196 valence electrons. The molecular weight excluding hydrogens is 487 g/mol. The van der Waals surface area contributed by atoms with E-state index in [4.69, 9.17) is 9.47 Å². The highest BCUT2D eigenvalue weighted by atomic mass is 19.4. The second-order valence-corrected chi connectivity index (χ2v) is 9.07. The molecule has 2 aliphatic heterocycles. The first-order chi connectivity index (χ1) is 17.8. The molecule has 0 saturated carbocycles. The van der Waals surface area contributed by atoms with Crippen LogP contribution in [0.4, 0.5) is 24.7 Å². The van der Waals surface area contributed by atoms with Crippen LogP contribution in [0.3, 0.4) is 0 Å². The van der Waals surface area contributed by atoms with Gasteiger partial charge in [0, 0.05) is 32.6 Å². The van der Waals surface area contributed by atoms with Crippen LogP contribution in [0.5, 0.6) is 11.5 Å². The van der Waals surface area contributed by atoms with Crippen LogP contribution in [-0.2, 0) is 0 Å². The monoisotopic (exact) mass is 515 g/mol. The molecule has 2 aromatic carbocycles. The summed E-state index contributed by atoms with van der Waals surface area (Å²) in [6.07, 6.45) is -3.54. The Morgan fingerprint density at radius 3 is 2.49 bits per heavy atom. The summed E-state index contributed by atoms with van der Waals surface area (Å²) >= 11 is 0. The van der Waals surface area contributed by atoms with E-state index in [1.165, 1.54) is 13.3 Å². The summed E-state index contributed by atoms with van der Waals surface area (Å²) in [4.78, 5) is 17.3. The molecule has 0 aliphatic carbocycles. The highest BCUT2D eigenvalue weighted by Gasteiger charge is 2.47. The Morgan fingerprint density at radius 1 is 1.03 bits per heavy atom. The van der Waals surface area contributed by atoms with Crippen molar-refractivity contribution in [2.24, 2.45) is 0 Å². The number of fused-ring (bicyclic) bond motifs is 1. The molecule has 37 heavy (non-hydrogen) atoms. The number of piperazine rings is 1. The second kappa shape index (κ2) is 9.87. The van der Waals surface area contributed by atoms with Gasteiger partial charge in [0.05, 0.1) is 32.1 Å². The van der Waals surface area contributed by atoms with Crippen LogP contribution in [0, 0.1) is 0 Å². The highest BCUT2D eigenvalue weighted by Crippen LogP contribution is 2.45. The number of nitrogens with one attached hydrogen (secondary N) is 1. The van der Waals surface area contributed by atoms with Gasteiger partial charge in [0.25, 0.3) is 5.91 Å². The van der Waals surface area contributed by atoms with Gasteiger partial charge in [-0.1, -0.05) is 24.3 Å². The number of aromatic nitrogens is 2. The van der Waals surface area contributed by atoms with E-state index >= 15 is 0 Å². The summed E-state index contributed by atoms with van der Waals surface area (Å²) in [6.45, 7) is 1.98. The Balaban J connectivity index is 1.38. The van der Waals surface area contributed by atoms with Crippen LogP contribution >= 0.6 is 0 Å². The van der Waals surface area contributed by atoms with E-state index in [1.807, 2.05) is 24.3 Å². The van der Waals surface area contributed by atoms with Crippen LogP contribution < -0.4 is 19.7 Å². The Kier molecular flexibility index (Phi) is 6.61. The largest absolute Gasteiger partial charge is 0.497 e. The molecule has 0 radical (unpaired) electrons. The van der Waals surface area contributed by atoms with Gasteiger partial charge >= 0.3 is 6.18 Å². The Labute approximate surface area is 212 Å². The number of anilines is 2. The molecule has 3 aromatic rings. The Bertz CT molecular complexity index is 1270. The minimum Gasteiger partial charge on any atom is -0.497 e. The molecule has 1 saturated heterocycles. The zero-order valence-corrected chi connectivity index (χ0v) is 20.5. The van der Waals surface area contributed by atoms with Gasteiger partial charge in [-0.2, -0.15) is 18.3 Å². The van der Waals surface area contributed by atoms with Gasteiger partial charge in [0.15, 0.2) is 6.04 Å². The minimum absolute atomic E-state index is 0.0820. The fourth-order valence-electron chi connectivity index (χ4n) is 5.01. The first-order valence-corrected chi connectivity index (χ1v) is 12.0. The number of ether oxygens (including phenoxy) is 2. The molecule has 8 nitrogen and oxygen atoms in total. The van der Waals surface area contributed by atoms with Crippen molar-refractivity contribution in [1.82, 2.24) is 14.7 Å². The predicted octanol–water partition coefficient (Wildman–Crippen LogP) is 4.52. The summed E-state index contributed by atoms with van der Waals surface area (Å²) in [7, 11) is 3.12. The van der Waals surface area contributed by atoms with Crippen LogP contribution in [0.25, 0.3) is 0 Å². The molecule has 5 rings (SSSR count). The van der Waals surface area contributed by atoms with Crippen molar-refractivity contribution in [1.29, 1.82) is 0 Å². The lowest BCUT2D eigenvalue weighted by Crippen LogP contribution is -2.49. The summed E-state index contributed by atoms with van der Waals surface area (Å²) in [5.41, 5.74) is 1.72. The van der Waals surface area contributed by atoms with Crippen molar-refractivity contribution in [3.05, 3.63) is 65.9 Å². The van der Waals surface area contributed by atoms with E-state index in [9.17, 15) is 18.0 Å². The number of methoxy groups -OCH3 is 2. The number of para-hydroxylation sites is 2. The van der Waals surface area contributed by atoms with Crippen molar-refractivity contribution >= 4 is 17.4 Å². The fraction of sp³-hybridized carbons (Fsp3) is 0.385. The van der Waals surface area contributed by atoms with Crippen molar-refractivity contribution in [3.63, 3.8) is 0 Å². The highest BCUT2D eigenvalue weighted by molar-refractivity contribution is 5.99. The molecule has 0 unspecified atom stereocenters. The lowest BCUT2D eigenvalue weighted by molar-refractivity contribution is -0.173. The third-order valence-electron chi connectivity index (χ3n) is 6.96. The maximum Gasteiger partial charge on any atom is 0.410 e. The first-order valence-electron chi connectivity index (χ1n) is 12.0. The maximum absolute atomic E-state index is 14.1. The number of carbonyl (C=O) groups is 1.